The Hall–Kier alpha value is -4.40. The molecule has 0 radical (unpaired) electrons. The quantitative estimate of drug-likeness (QED) is 0.173. The van der Waals surface area contributed by atoms with Gasteiger partial charge in [-0.3, -0.25) is 29.5 Å². The normalized spacial score (nSPS) is 11.9. The molecule has 2 aromatic carbocycles. The molecule has 0 aliphatic rings. The van der Waals surface area contributed by atoms with Crippen molar-refractivity contribution < 1.29 is 37.5 Å². The van der Waals surface area contributed by atoms with Crippen molar-refractivity contribution in [2.75, 3.05) is 25.0 Å². The minimum absolute atomic E-state index is 0.0301. The van der Waals surface area contributed by atoms with Gasteiger partial charge in [0.25, 0.3) is 0 Å². The maximum Gasteiger partial charge on any atom is 0.412 e. The summed E-state index contributed by atoms with van der Waals surface area (Å²) >= 11 is 6.05. The van der Waals surface area contributed by atoms with Gasteiger partial charge in [-0.25, -0.2) is 29.0 Å². The van der Waals surface area contributed by atoms with Gasteiger partial charge in [-0.2, -0.15) is 0 Å². The lowest BCUT2D eigenvalue weighted by Gasteiger charge is -2.31. The molecule has 0 unspecified atom stereocenters. The zero-order chi connectivity index (χ0) is 33.1. The second-order valence-corrected chi connectivity index (χ2v) is 11.3. The predicted molar refractivity (Wildman–Crippen MR) is 162 cm³/mol. The molecule has 0 fully saturated rings. The number of anilines is 1. The average Bonchev–Trinajstić information content (AvgIpc) is 2.96. The Morgan fingerprint density at radius 3 is 2.56 bits per heavy atom. The summed E-state index contributed by atoms with van der Waals surface area (Å²) in [5, 5.41) is 8.24. The summed E-state index contributed by atoms with van der Waals surface area (Å²) < 4.78 is 33.0. The fourth-order valence-electron chi connectivity index (χ4n) is 4.13. The number of nitrogens with zero attached hydrogens (tertiary/aromatic N) is 3. The lowest BCUT2D eigenvalue weighted by atomic mass is 10.2. The molecule has 0 bridgehead atoms. The summed E-state index contributed by atoms with van der Waals surface area (Å²) in [7, 11) is 0. The fraction of sp³-hybridized carbons (Fsp3) is 0.367. The van der Waals surface area contributed by atoms with Crippen molar-refractivity contribution in [3.63, 3.8) is 0 Å². The number of aromatic nitrogens is 1. The van der Waals surface area contributed by atoms with Crippen LogP contribution in [0.1, 0.15) is 39.7 Å². The molecule has 0 saturated carbocycles. The van der Waals surface area contributed by atoms with Gasteiger partial charge in [0.2, 0.25) is 18.2 Å². The molecule has 45 heavy (non-hydrogen) atoms. The number of pyridine rings is 1. The molecule has 0 aliphatic heterocycles. The largest absolute Gasteiger partial charge is 0.447 e. The smallest absolute Gasteiger partial charge is 0.412 e. The number of ether oxygens (including phenoxy) is 1. The summed E-state index contributed by atoms with van der Waals surface area (Å²) in [6.07, 6.45) is 0.675. The van der Waals surface area contributed by atoms with Gasteiger partial charge in [-0.1, -0.05) is 23.7 Å². The van der Waals surface area contributed by atoms with Crippen molar-refractivity contribution >= 4 is 52.5 Å². The Kier molecular flexibility index (Phi) is 12.5. The number of benzene rings is 2. The molecule has 4 amide bonds. The van der Waals surface area contributed by atoms with E-state index in [0.717, 1.165) is 10.1 Å². The number of rotatable bonds is 14. The van der Waals surface area contributed by atoms with E-state index in [1.54, 1.807) is 32.9 Å². The van der Waals surface area contributed by atoms with E-state index in [4.69, 9.17) is 21.2 Å². The summed E-state index contributed by atoms with van der Waals surface area (Å²) in [5.41, 5.74) is 2.55. The van der Waals surface area contributed by atoms with Crippen LogP contribution in [0.4, 0.5) is 19.4 Å². The first-order valence-electron chi connectivity index (χ1n) is 13.9. The van der Waals surface area contributed by atoms with Gasteiger partial charge in [-0.15, -0.1) is 0 Å². The number of halogens is 3. The molecule has 1 aromatic heterocycles. The van der Waals surface area contributed by atoms with Gasteiger partial charge in [0.1, 0.15) is 24.1 Å². The number of amides is 4. The summed E-state index contributed by atoms with van der Waals surface area (Å²) in [6, 6.07) is 8.75. The highest BCUT2D eigenvalue weighted by atomic mass is 35.5. The maximum atomic E-state index is 14.0. The number of fused-ring (bicyclic) bond motifs is 1. The van der Waals surface area contributed by atoms with Crippen molar-refractivity contribution in [3.8, 4) is 0 Å². The third-order valence-electron chi connectivity index (χ3n) is 6.08. The van der Waals surface area contributed by atoms with Crippen molar-refractivity contribution in [3.05, 3.63) is 70.9 Å². The van der Waals surface area contributed by atoms with E-state index >= 15 is 0 Å². The van der Waals surface area contributed by atoms with E-state index in [-0.39, 0.29) is 36.9 Å². The highest BCUT2D eigenvalue weighted by Crippen LogP contribution is 2.20. The van der Waals surface area contributed by atoms with Crippen molar-refractivity contribution in [2.24, 2.45) is 0 Å². The molecule has 242 valence electrons. The number of hydrogen-bond donors (Lipinski definition) is 3. The highest BCUT2D eigenvalue weighted by molar-refractivity contribution is 6.31. The summed E-state index contributed by atoms with van der Waals surface area (Å²) in [6.45, 7) is 6.06. The average molecular weight is 649 g/mol. The van der Waals surface area contributed by atoms with Gasteiger partial charge in [-0.05, 0) is 62.1 Å². The van der Waals surface area contributed by atoms with Gasteiger partial charge in [0, 0.05) is 31.6 Å². The third kappa shape index (κ3) is 11.2. The zero-order valence-corrected chi connectivity index (χ0v) is 26.0. The third-order valence-corrected chi connectivity index (χ3v) is 6.50. The van der Waals surface area contributed by atoms with Crippen LogP contribution >= 0.6 is 11.6 Å². The molecular formula is C30H35ClF2N6O6. The first-order chi connectivity index (χ1) is 21.3. The highest BCUT2D eigenvalue weighted by Gasteiger charge is 2.26. The number of carbonyl (C=O) groups excluding carboxylic acids is 4. The molecule has 15 heteroatoms. The number of carbonyl (C=O) groups is 4. The minimum Gasteiger partial charge on any atom is -0.447 e. The molecule has 1 heterocycles. The standard InChI is InChI=1S/C30H35ClF2N6O6/c1-19(41)39(36-16-21-6-5-7-25(33)28(21)31)24(14-27(42)34-10-11-38(18-40)45-30(2,3)4)17-44-29(43)37-26-13-22-12-23(32)9-8-20(22)15-35-26/h5-9,12-13,15,18,24,36H,10-11,14,16-17H2,1-4H3,(H,34,42)(H,35,37,43)/t24-/m0/s1. The number of nitrogens with one attached hydrogen (secondary N) is 3. The molecule has 3 N–H and O–H groups in total. The predicted octanol–water partition coefficient (Wildman–Crippen LogP) is 4.33. The lowest BCUT2D eigenvalue weighted by Crippen LogP contribution is -2.52. The monoisotopic (exact) mass is 648 g/mol. The number of hydrogen-bond acceptors (Lipinski definition) is 8. The molecule has 0 aliphatic carbocycles. The zero-order valence-electron chi connectivity index (χ0n) is 25.2. The van der Waals surface area contributed by atoms with E-state index in [2.05, 4.69) is 21.0 Å². The van der Waals surface area contributed by atoms with Crippen LogP contribution in [0.15, 0.2) is 48.7 Å². The molecule has 0 saturated heterocycles. The van der Waals surface area contributed by atoms with E-state index in [9.17, 15) is 28.0 Å². The summed E-state index contributed by atoms with van der Waals surface area (Å²) in [5.74, 6) is -2.08. The minimum atomic E-state index is -1.03. The van der Waals surface area contributed by atoms with Crippen LogP contribution in [0.3, 0.4) is 0 Å². The van der Waals surface area contributed by atoms with E-state index in [1.807, 2.05) is 0 Å². The SMILES string of the molecule is CC(=O)N(NCc1cccc(F)c1Cl)[C@H](COC(=O)Nc1cc2cc(F)ccc2cn1)CC(=O)NCCN(C=O)OC(C)(C)C. The molecular weight excluding hydrogens is 614 g/mol. The molecule has 12 nitrogen and oxygen atoms in total. The first-order valence-corrected chi connectivity index (χ1v) is 14.3. The van der Waals surface area contributed by atoms with Crippen LogP contribution in [-0.2, 0) is 30.5 Å². The van der Waals surface area contributed by atoms with E-state index < -0.39 is 47.8 Å². The lowest BCUT2D eigenvalue weighted by molar-refractivity contribution is -0.215. The van der Waals surface area contributed by atoms with E-state index in [1.165, 1.54) is 43.5 Å². The Balaban J connectivity index is 1.70. The molecule has 3 rings (SSSR count). The molecule has 3 aromatic rings. The Morgan fingerprint density at radius 1 is 1.11 bits per heavy atom. The van der Waals surface area contributed by atoms with Crippen LogP contribution in [-0.4, -0.2) is 70.7 Å². The van der Waals surface area contributed by atoms with Crippen LogP contribution in [0.2, 0.25) is 5.02 Å². The van der Waals surface area contributed by atoms with Gasteiger partial charge in [0.15, 0.2) is 0 Å². The van der Waals surface area contributed by atoms with Gasteiger partial charge >= 0.3 is 6.09 Å². The first kappa shape index (κ1) is 35.1. The fourth-order valence-corrected chi connectivity index (χ4v) is 4.33. The Morgan fingerprint density at radius 2 is 1.87 bits per heavy atom. The maximum absolute atomic E-state index is 14.0. The second kappa shape index (κ2) is 16.1. The van der Waals surface area contributed by atoms with Crippen molar-refractivity contribution in [1.29, 1.82) is 0 Å². The van der Waals surface area contributed by atoms with Gasteiger partial charge < -0.3 is 10.1 Å². The molecule has 1 atom stereocenters. The van der Waals surface area contributed by atoms with Crippen molar-refractivity contribution in [1.82, 2.24) is 25.8 Å². The van der Waals surface area contributed by atoms with Crippen LogP contribution < -0.4 is 16.1 Å². The van der Waals surface area contributed by atoms with Crippen LogP contribution in [0.25, 0.3) is 10.8 Å². The van der Waals surface area contributed by atoms with E-state index in [0.29, 0.717) is 22.7 Å². The van der Waals surface area contributed by atoms with Crippen LogP contribution in [0.5, 0.6) is 0 Å². The Labute approximate surface area is 263 Å². The number of hydroxylamine groups is 2. The van der Waals surface area contributed by atoms with Crippen LogP contribution in [0, 0.1) is 11.6 Å². The Bertz CT molecular complexity index is 1520. The van der Waals surface area contributed by atoms with Crippen molar-refractivity contribution in [2.45, 2.75) is 52.3 Å². The van der Waals surface area contributed by atoms with Gasteiger partial charge in [0.05, 0.1) is 29.6 Å². The number of hydrazine groups is 1. The summed E-state index contributed by atoms with van der Waals surface area (Å²) in [4.78, 5) is 59.2. The molecule has 0 spiro atoms. The second-order valence-electron chi connectivity index (χ2n) is 10.9. The topological polar surface area (TPSA) is 142 Å².